The molecule has 0 aromatic carbocycles. The number of rotatable bonds is 2. The minimum Gasteiger partial charge on any atom is -0.460 e. The van der Waals surface area contributed by atoms with Crippen LogP contribution in [0.1, 0.15) is 25.7 Å². The minimum absolute atomic E-state index is 0.0526. The van der Waals surface area contributed by atoms with Crippen LogP contribution in [0, 0.1) is 5.92 Å². The number of esters is 1. The molecule has 0 N–H and O–H groups in total. The van der Waals surface area contributed by atoms with E-state index in [-0.39, 0.29) is 30.1 Å². The average molecular weight is 238 g/mol. The van der Waals surface area contributed by atoms with Crippen LogP contribution in [0.4, 0.5) is 4.79 Å². The minimum atomic E-state index is -0.0780. The number of ether oxygens (including phenoxy) is 1. The van der Waals surface area contributed by atoms with Gasteiger partial charge in [-0.05, 0) is 12.8 Å². The highest BCUT2D eigenvalue weighted by Crippen LogP contribution is 2.31. The lowest BCUT2D eigenvalue weighted by Crippen LogP contribution is -2.34. The summed E-state index contributed by atoms with van der Waals surface area (Å²) in [6.45, 7) is 1.34. The van der Waals surface area contributed by atoms with Crippen molar-refractivity contribution in [1.82, 2.24) is 9.80 Å². The van der Waals surface area contributed by atoms with E-state index in [4.69, 9.17) is 4.74 Å². The second kappa shape index (κ2) is 3.89. The molecule has 1 saturated carbocycles. The van der Waals surface area contributed by atoms with Gasteiger partial charge in [0.2, 0.25) is 0 Å². The van der Waals surface area contributed by atoms with Crippen molar-refractivity contribution >= 4 is 12.0 Å². The van der Waals surface area contributed by atoms with E-state index in [0.29, 0.717) is 6.54 Å². The fourth-order valence-corrected chi connectivity index (χ4v) is 2.88. The van der Waals surface area contributed by atoms with Crippen molar-refractivity contribution in [1.29, 1.82) is 0 Å². The van der Waals surface area contributed by atoms with Gasteiger partial charge in [0.05, 0.1) is 18.5 Å². The van der Waals surface area contributed by atoms with Gasteiger partial charge in [-0.2, -0.15) is 0 Å². The Morgan fingerprint density at radius 1 is 1.35 bits per heavy atom. The smallest absolute Gasteiger partial charge is 0.320 e. The van der Waals surface area contributed by atoms with E-state index in [9.17, 15) is 9.59 Å². The highest BCUT2D eigenvalue weighted by molar-refractivity contribution is 5.78. The van der Waals surface area contributed by atoms with E-state index in [1.165, 1.54) is 0 Å². The van der Waals surface area contributed by atoms with Crippen LogP contribution in [-0.2, 0) is 9.53 Å². The summed E-state index contributed by atoms with van der Waals surface area (Å²) in [5, 5.41) is 0. The maximum Gasteiger partial charge on any atom is 0.320 e. The predicted octanol–water partition coefficient (Wildman–Crippen LogP) is 0.838. The first-order valence-electron chi connectivity index (χ1n) is 6.37. The van der Waals surface area contributed by atoms with Crippen molar-refractivity contribution in [3.63, 3.8) is 0 Å². The van der Waals surface area contributed by atoms with E-state index in [2.05, 4.69) is 0 Å². The van der Waals surface area contributed by atoms with Crippen LogP contribution in [0.15, 0.2) is 0 Å². The Kier molecular flexibility index (Phi) is 2.49. The first-order valence-corrected chi connectivity index (χ1v) is 6.37. The third-order valence-electron chi connectivity index (χ3n) is 4.15. The predicted molar refractivity (Wildman–Crippen MR) is 60.4 cm³/mol. The second-order valence-corrected chi connectivity index (χ2v) is 5.39. The third-order valence-corrected chi connectivity index (χ3v) is 4.15. The van der Waals surface area contributed by atoms with Crippen LogP contribution in [-0.4, -0.2) is 54.1 Å². The van der Waals surface area contributed by atoms with Crippen LogP contribution in [0.2, 0.25) is 0 Å². The number of fused-ring (bicyclic) bond motifs is 1. The van der Waals surface area contributed by atoms with Crippen LogP contribution < -0.4 is 0 Å². The standard InChI is InChI=1S/C12H18N2O3/c1-13-6-9-5-10(7-14(9)12(13)16)17-11(15)8-3-2-4-8/h8-10H,2-7H2,1H3/t9-,10+/m0/s1. The summed E-state index contributed by atoms with van der Waals surface area (Å²) in [5.74, 6) is 0.0760. The molecule has 2 saturated heterocycles. The van der Waals surface area contributed by atoms with Gasteiger partial charge in [-0.3, -0.25) is 4.79 Å². The number of amides is 2. The highest BCUT2D eigenvalue weighted by Gasteiger charge is 2.44. The Labute approximate surface area is 101 Å². The molecule has 0 aromatic heterocycles. The van der Waals surface area contributed by atoms with Crippen molar-refractivity contribution in [2.24, 2.45) is 5.92 Å². The number of urea groups is 1. The Morgan fingerprint density at radius 3 is 2.71 bits per heavy atom. The van der Waals surface area contributed by atoms with Gasteiger partial charge in [0.25, 0.3) is 0 Å². The summed E-state index contributed by atoms with van der Waals surface area (Å²) in [5.41, 5.74) is 0. The maximum atomic E-state index is 11.7. The summed E-state index contributed by atoms with van der Waals surface area (Å²) in [6.07, 6.45) is 3.81. The Balaban J connectivity index is 1.55. The number of carbonyl (C=O) groups is 2. The number of carbonyl (C=O) groups excluding carboxylic acids is 2. The fourth-order valence-electron chi connectivity index (χ4n) is 2.88. The first kappa shape index (κ1) is 10.9. The lowest BCUT2D eigenvalue weighted by atomic mass is 9.86. The van der Waals surface area contributed by atoms with E-state index in [1.807, 2.05) is 11.9 Å². The molecular weight excluding hydrogens is 220 g/mol. The molecule has 17 heavy (non-hydrogen) atoms. The van der Waals surface area contributed by atoms with Crippen molar-refractivity contribution in [3.8, 4) is 0 Å². The molecule has 3 aliphatic rings. The molecule has 0 unspecified atom stereocenters. The Hall–Kier alpha value is -1.26. The molecule has 0 radical (unpaired) electrons. The molecule has 0 aromatic rings. The Morgan fingerprint density at radius 2 is 2.12 bits per heavy atom. The maximum absolute atomic E-state index is 11.7. The molecule has 0 spiro atoms. The summed E-state index contributed by atoms with van der Waals surface area (Å²) in [7, 11) is 1.82. The number of likely N-dealkylation sites (N-methyl/N-ethyl adjacent to an activating group) is 1. The topological polar surface area (TPSA) is 49.9 Å². The largest absolute Gasteiger partial charge is 0.460 e. The second-order valence-electron chi connectivity index (χ2n) is 5.39. The van der Waals surface area contributed by atoms with Gasteiger partial charge >= 0.3 is 12.0 Å². The summed E-state index contributed by atoms with van der Waals surface area (Å²) >= 11 is 0. The number of nitrogens with zero attached hydrogens (tertiary/aromatic N) is 2. The van der Waals surface area contributed by atoms with Gasteiger partial charge in [-0.25, -0.2) is 4.79 Å². The van der Waals surface area contributed by atoms with Crippen LogP contribution in [0.3, 0.4) is 0 Å². The number of hydrogen-bond acceptors (Lipinski definition) is 3. The monoisotopic (exact) mass is 238 g/mol. The van der Waals surface area contributed by atoms with E-state index >= 15 is 0 Å². The first-order chi connectivity index (χ1) is 8.15. The molecule has 3 rings (SSSR count). The lowest BCUT2D eigenvalue weighted by molar-refractivity contribution is -0.156. The molecule has 2 aliphatic heterocycles. The molecule has 5 nitrogen and oxygen atoms in total. The zero-order valence-electron chi connectivity index (χ0n) is 10.1. The quantitative estimate of drug-likeness (QED) is 0.670. The SMILES string of the molecule is CN1C[C@@H]2C[C@@H](OC(=O)C3CCC3)CN2C1=O. The van der Waals surface area contributed by atoms with Crippen molar-refractivity contribution in [2.45, 2.75) is 37.8 Å². The molecule has 5 heteroatoms. The molecule has 94 valence electrons. The third kappa shape index (κ3) is 1.77. The normalized spacial score (nSPS) is 32.6. The molecule has 2 heterocycles. The summed E-state index contributed by atoms with van der Waals surface area (Å²) in [4.78, 5) is 27.0. The van der Waals surface area contributed by atoms with Gasteiger partial charge in [-0.15, -0.1) is 0 Å². The van der Waals surface area contributed by atoms with E-state index in [1.54, 1.807) is 4.90 Å². The van der Waals surface area contributed by atoms with Gasteiger partial charge in [-0.1, -0.05) is 6.42 Å². The van der Waals surface area contributed by atoms with Crippen LogP contribution >= 0.6 is 0 Å². The van der Waals surface area contributed by atoms with Crippen LogP contribution in [0.25, 0.3) is 0 Å². The molecule has 1 aliphatic carbocycles. The van der Waals surface area contributed by atoms with Gasteiger partial charge in [0, 0.05) is 20.0 Å². The molecule has 0 bridgehead atoms. The molecular formula is C12H18N2O3. The Bertz CT molecular complexity index is 354. The number of hydrogen-bond donors (Lipinski definition) is 0. The molecule has 2 atom stereocenters. The summed E-state index contributed by atoms with van der Waals surface area (Å²) in [6, 6.07) is 0.309. The van der Waals surface area contributed by atoms with E-state index in [0.717, 1.165) is 32.2 Å². The fraction of sp³-hybridized carbons (Fsp3) is 0.833. The zero-order chi connectivity index (χ0) is 12.0. The molecule has 3 fully saturated rings. The van der Waals surface area contributed by atoms with Gasteiger partial charge in [0.15, 0.2) is 0 Å². The van der Waals surface area contributed by atoms with Crippen LogP contribution in [0.5, 0.6) is 0 Å². The van der Waals surface area contributed by atoms with Crippen molar-refractivity contribution in [3.05, 3.63) is 0 Å². The average Bonchev–Trinajstić information content (AvgIpc) is 2.66. The summed E-state index contributed by atoms with van der Waals surface area (Å²) < 4.78 is 5.48. The van der Waals surface area contributed by atoms with Crippen molar-refractivity contribution < 1.29 is 14.3 Å². The van der Waals surface area contributed by atoms with Gasteiger partial charge < -0.3 is 14.5 Å². The van der Waals surface area contributed by atoms with Crippen molar-refractivity contribution in [2.75, 3.05) is 20.1 Å². The highest BCUT2D eigenvalue weighted by atomic mass is 16.5. The van der Waals surface area contributed by atoms with E-state index < -0.39 is 0 Å². The zero-order valence-corrected chi connectivity index (χ0v) is 10.1. The van der Waals surface area contributed by atoms with Gasteiger partial charge in [0.1, 0.15) is 6.10 Å². The lowest BCUT2D eigenvalue weighted by Gasteiger charge is -2.25. The molecule has 2 amide bonds.